The molecule has 2 nitrogen and oxygen atoms in total. The maximum atomic E-state index is 10.1. The van der Waals surface area contributed by atoms with E-state index < -0.39 is 6.23 Å². The minimum Gasteiger partial charge on any atom is -0.370 e. The number of aliphatic hydroxyl groups excluding tert-OH is 1. The predicted octanol–water partition coefficient (Wildman–Crippen LogP) is 3.15. The van der Waals surface area contributed by atoms with Crippen molar-refractivity contribution in [2.45, 2.75) is 32.0 Å². The van der Waals surface area contributed by atoms with Crippen LogP contribution in [0.5, 0.6) is 0 Å². The van der Waals surface area contributed by atoms with Crippen molar-refractivity contribution in [1.82, 2.24) is 0 Å². The first-order valence-corrected chi connectivity index (χ1v) is 6.41. The van der Waals surface area contributed by atoms with E-state index in [1.54, 1.807) is 0 Å². The summed E-state index contributed by atoms with van der Waals surface area (Å²) >= 11 is 3.50. The van der Waals surface area contributed by atoms with E-state index in [1.165, 1.54) is 18.4 Å². The molecule has 1 aliphatic carbocycles. The van der Waals surface area contributed by atoms with Gasteiger partial charge in [-0.25, -0.2) is 0 Å². The molecule has 1 heterocycles. The number of rotatable bonds is 1. The van der Waals surface area contributed by atoms with Gasteiger partial charge in [0.25, 0.3) is 0 Å². The van der Waals surface area contributed by atoms with Crippen molar-refractivity contribution in [3.63, 3.8) is 0 Å². The summed E-state index contributed by atoms with van der Waals surface area (Å²) in [5.41, 5.74) is 3.55. The van der Waals surface area contributed by atoms with Gasteiger partial charge in [-0.05, 0) is 43.5 Å². The molecule has 3 heteroatoms. The summed E-state index contributed by atoms with van der Waals surface area (Å²) < 4.78 is 1.07. The number of anilines is 1. The predicted molar refractivity (Wildman–Crippen MR) is 69.3 cm³/mol. The number of aliphatic hydroxyl groups is 1. The van der Waals surface area contributed by atoms with Gasteiger partial charge in [0.15, 0.2) is 0 Å². The molecule has 0 spiro atoms. The van der Waals surface area contributed by atoms with Crippen LogP contribution in [0, 0.1) is 0 Å². The summed E-state index contributed by atoms with van der Waals surface area (Å²) in [5, 5.41) is 10.1. The lowest BCUT2D eigenvalue weighted by molar-refractivity contribution is 0.213. The molecular formula is C13H14BrNO. The second kappa shape index (κ2) is 3.60. The highest BCUT2D eigenvalue weighted by atomic mass is 79.9. The zero-order valence-electron chi connectivity index (χ0n) is 9.15. The average Bonchev–Trinajstić information content (AvgIpc) is 3.01. The summed E-state index contributed by atoms with van der Waals surface area (Å²) in [6, 6.07) is 6.80. The Morgan fingerprint density at radius 2 is 2.12 bits per heavy atom. The van der Waals surface area contributed by atoms with E-state index in [1.807, 2.05) is 6.08 Å². The topological polar surface area (TPSA) is 23.5 Å². The third kappa shape index (κ3) is 1.59. The molecular weight excluding hydrogens is 266 g/mol. The van der Waals surface area contributed by atoms with Gasteiger partial charge in [-0.15, -0.1) is 0 Å². The Labute approximate surface area is 104 Å². The summed E-state index contributed by atoms with van der Waals surface area (Å²) in [7, 11) is 0. The largest absolute Gasteiger partial charge is 0.370 e. The molecule has 0 amide bonds. The van der Waals surface area contributed by atoms with Crippen molar-refractivity contribution in [1.29, 1.82) is 0 Å². The van der Waals surface area contributed by atoms with Gasteiger partial charge in [-0.3, -0.25) is 0 Å². The van der Waals surface area contributed by atoms with E-state index in [2.05, 4.69) is 46.0 Å². The summed E-state index contributed by atoms with van der Waals surface area (Å²) in [6.45, 7) is 2.06. The highest BCUT2D eigenvalue weighted by molar-refractivity contribution is 9.10. The first-order valence-electron chi connectivity index (χ1n) is 5.61. The quantitative estimate of drug-likeness (QED) is 0.854. The molecule has 16 heavy (non-hydrogen) atoms. The zero-order chi connectivity index (χ0) is 11.3. The maximum absolute atomic E-state index is 10.1. The Bertz CT molecular complexity index is 465. The smallest absolute Gasteiger partial charge is 0.147 e. The molecule has 1 unspecified atom stereocenters. The standard InChI is InChI=1S/C13H14BrNO/c1-8-6-13(16)15(10-3-4-10)12-7-9(14)2-5-11(8)12/h2,5-7,10,13,16H,3-4H2,1H3. The van der Waals surface area contributed by atoms with Gasteiger partial charge >= 0.3 is 0 Å². The maximum Gasteiger partial charge on any atom is 0.147 e. The van der Waals surface area contributed by atoms with Crippen LogP contribution >= 0.6 is 15.9 Å². The lowest BCUT2D eigenvalue weighted by Crippen LogP contribution is -2.38. The molecule has 0 radical (unpaired) electrons. The Morgan fingerprint density at radius 3 is 2.81 bits per heavy atom. The van der Waals surface area contributed by atoms with Crippen LogP contribution < -0.4 is 4.90 Å². The van der Waals surface area contributed by atoms with Crippen molar-refractivity contribution < 1.29 is 5.11 Å². The highest BCUT2D eigenvalue weighted by Crippen LogP contribution is 2.41. The van der Waals surface area contributed by atoms with Gasteiger partial charge in [0, 0.05) is 21.8 Å². The molecule has 0 aromatic heterocycles. The van der Waals surface area contributed by atoms with E-state index in [-0.39, 0.29) is 0 Å². The van der Waals surface area contributed by atoms with E-state index in [0.717, 1.165) is 15.7 Å². The van der Waals surface area contributed by atoms with Crippen LogP contribution in [-0.2, 0) is 0 Å². The molecule has 84 valence electrons. The van der Waals surface area contributed by atoms with Gasteiger partial charge in [0.1, 0.15) is 6.23 Å². The van der Waals surface area contributed by atoms with E-state index in [9.17, 15) is 5.11 Å². The fourth-order valence-corrected chi connectivity index (χ4v) is 2.70. The molecule has 0 saturated heterocycles. The third-order valence-electron chi connectivity index (χ3n) is 3.29. The Kier molecular flexibility index (Phi) is 2.33. The number of hydrogen-bond donors (Lipinski definition) is 1. The minimum absolute atomic E-state index is 0.464. The average molecular weight is 280 g/mol. The van der Waals surface area contributed by atoms with Crippen LogP contribution in [-0.4, -0.2) is 17.4 Å². The molecule has 3 rings (SSSR count). The van der Waals surface area contributed by atoms with E-state index in [0.29, 0.717) is 6.04 Å². The number of allylic oxidation sites excluding steroid dienone is 1. The number of hydrogen-bond acceptors (Lipinski definition) is 2. The first kappa shape index (κ1) is 10.4. The summed E-state index contributed by atoms with van der Waals surface area (Å²) in [6.07, 6.45) is 3.86. The number of fused-ring (bicyclic) bond motifs is 1. The SMILES string of the molecule is CC1=CC(O)N(C2CC2)c2cc(Br)ccc21. The van der Waals surface area contributed by atoms with Crippen LogP contribution in [0.3, 0.4) is 0 Å². The molecule has 1 atom stereocenters. The molecule has 1 saturated carbocycles. The first-order chi connectivity index (χ1) is 7.66. The fraction of sp³-hybridized carbons (Fsp3) is 0.385. The third-order valence-corrected chi connectivity index (χ3v) is 3.78. The molecule has 1 aliphatic heterocycles. The van der Waals surface area contributed by atoms with Crippen LogP contribution in [0.2, 0.25) is 0 Å². The molecule has 1 N–H and O–H groups in total. The van der Waals surface area contributed by atoms with E-state index >= 15 is 0 Å². The van der Waals surface area contributed by atoms with Crippen LogP contribution in [0.25, 0.3) is 5.57 Å². The highest BCUT2D eigenvalue weighted by Gasteiger charge is 2.36. The normalized spacial score (nSPS) is 24.1. The van der Waals surface area contributed by atoms with Gasteiger partial charge in [0.05, 0.1) is 0 Å². The Morgan fingerprint density at radius 1 is 1.38 bits per heavy atom. The molecule has 1 aromatic rings. The lowest BCUT2D eigenvalue weighted by atomic mass is 9.99. The van der Waals surface area contributed by atoms with Crippen LogP contribution in [0.1, 0.15) is 25.3 Å². The number of benzene rings is 1. The molecule has 0 bridgehead atoms. The lowest BCUT2D eigenvalue weighted by Gasteiger charge is -2.34. The Hall–Kier alpha value is -0.800. The second-order valence-corrected chi connectivity index (χ2v) is 5.48. The van der Waals surface area contributed by atoms with Crippen molar-refractivity contribution in [2.24, 2.45) is 0 Å². The van der Waals surface area contributed by atoms with Crippen molar-refractivity contribution >= 4 is 27.2 Å². The van der Waals surface area contributed by atoms with Crippen molar-refractivity contribution in [3.05, 3.63) is 34.3 Å². The molecule has 1 aromatic carbocycles. The zero-order valence-corrected chi connectivity index (χ0v) is 10.7. The molecule has 1 fully saturated rings. The van der Waals surface area contributed by atoms with E-state index in [4.69, 9.17) is 0 Å². The van der Waals surface area contributed by atoms with Crippen LogP contribution in [0.4, 0.5) is 5.69 Å². The number of nitrogens with zero attached hydrogens (tertiary/aromatic N) is 1. The van der Waals surface area contributed by atoms with Crippen molar-refractivity contribution in [3.8, 4) is 0 Å². The molecule has 2 aliphatic rings. The number of halogens is 1. The van der Waals surface area contributed by atoms with Gasteiger partial charge in [-0.2, -0.15) is 0 Å². The van der Waals surface area contributed by atoms with Gasteiger partial charge < -0.3 is 10.0 Å². The summed E-state index contributed by atoms with van der Waals surface area (Å²) in [4.78, 5) is 2.13. The fourth-order valence-electron chi connectivity index (χ4n) is 2.35. The second-order valence-electron chi connectivity index (χ2n) is 4.56. The Balaban J connectivity index is 2.14. The monoisotopic (exact) mass is 279 g/mol. The van der Waals surface area contributed by atoms with Crippen LogP contribution in [0.15, 0.2) is 28.7 Å². The summed E-state index contributed by atoms with van der Waals surface area (Å²) in [5.74, 6) is 0. The minimum atomic E-state index is -0.464. The van der Waals surface area contributed by atoms with Crippen molar-refractivity contribution in [2.75, 3.05) is 4.90 Å². The van der Waals surface area contributed by atoms with Gasteiger partial charge in [-0.1, -0.05) is 22.0 Å². The van der Waals surface area contributed by atoms with Gasteiger partial charge in [0.2, 0.25) is 0 Å².